The number of alkyl halides is 3. The molecule has 1 unspecified atom stereocenters. The molecule has 0 aliphatic heterocycles. The fourth-order valence-electron chi connectivity index (χ4n) is 1.96. The summed E-state index contributed by atoms with van der Waals surface area (Å²) in [5.74, 6) is -1.76. The van der Waals surface area contributed by atoms with Crippen LogP contribution in [-0.4, -0.2) is 11.1 Å². The summed E-state index contributed by atoms with van der Waals surface area (Å²) in [5, 5.41) is 9.38. The van der Waals surface area contributed by atoms with Gasteiger partial charge in [-0.2, -0.15) is 13.2 Å². The van der Waals surface area contributed by atoms with Crippen molar-refractivity contribution < 1.29 is 23.1 Å². The lowest BCUT2D eigenvalue weighted by molar-refractivity contribution is -0.138. The summed E-state index contributed by atoms with van der Waals surface area (Å²) in [7, 11) is 0. The quantitative estimate of drug-likeness (QED) is 0.892. The number of hydrogen-bond acceptors (Lipinski definition) is 1. The number of aliphatic carboxylic acids is 1. The standard InChI is InChI=1S/C14H11F3O2/c1-8(13(18)19)9-5-6-11-10(7-9)3-2-4-12(11)14(15,16)17/h2-8H,1H3,(H,18,19). The van der Waals surface area contributed by atoms with Gasteiger partial charge in [-0.25, -0.2) is 0 Å². The maximum atomic E-state index is 12.8. The van der Waals surface area contributed by atoms with Crippen LogP contribution in [0.3, 0.4) is 0 Å². The highest BCUT2D eigenvalue weighted by molar-refractivity contribution is 5.88. The first kappa shape index (κ1) is 13.4. The highest BCUT2D eigenvalue weighted by Gasteiger charge is 2.32. The van der Waals surface area contributed by atoms with E-state index in [0.717, 1.165) is 6.07 Å². The molecule has 0 fully saturated rings. The highest BCUT2D eigenvalue weighted by Crippen LogP contribution is 2.35. The molecule has 0 aliphatic carbocycles. The fraction of sp³-hybridized carbons (Fsp3) is 0.214. The van der Waals surface area contributed by atoms with E-state index in [1.165, 1.54) is 31.2 Å². The van der Waals surface area contributed by atoms with E-state index >= 15 is 0 Å². The molecule has 19 heavy (non-hydrogen) atoms. The minimum absolute atomic E-state index is 0.0799. The Labute approximate surface area is 107 Å². The third-order valence-electron chi connectivity index (χ3n) is 3.08. The zero-order chi connectivity index (χ0) is 14.2. The van der Waals surface area contributed by atoms with Crippen LogP contribution >= 0.6 is 0 Å². The second-order valence-electron chi connectivity index (χ2n) is 4.34. The smallest absolute Gasteiger partial charge is 0.417 e. The molecule has 100 valence electrons. The zero-order valence-electron chi connectivity index (χ0n) is 10.0. The van der Waals surface area contributed by atoms with Gasteiger partial charge in [0.2, 0.25) is 0 Å². The van der Waals surface area contributed by atoms with Crippen molar-refractivity contribution >= 4 is 16.7 Å². The van der Waals surface area contributed by atoms with Crippen LogP contribution in [0.4, 0.5) is 13.2 Å². The molecule has 2 rings (SSSR count). The first-order valence-electron chi connectivity index (χ1n) is 5.63. The predicted molar refractivity (Wildman–Crippen MR) is 65.0 cm³/mol. The molecule has 0 radical (unpaired) electrons. The molecule has 2 aromatic rings. The number of halogens is 3. The average Bonchev–Trinajstić information content (AvgIpc) is 2.35. The van der Waals surface area contributed by atoms with E-state index in [0.29, 0.717) is 10.9 Å². The Morgan fingerprint density at radius 1 is 1.21 bits per heavy atom. The van der Waals surface area contributed by atoms with E-state index in [2.05, 4.69) is 0 Å². The molecule has 5 heteroatoms. The maximum Gasteiger partial charge on any atom is 0.417 e. The molecule has 0 heterocycles. The van der Waals surface area contributed by atoms with Gasteiger partial charge in [0.05, 0.1) is 11.5 Å². The molecule has 2 nitrogen and oxygen atoms in total. The van der Waals surface area contributed by atoms with E-state index in [1.54, 1.807) is 6.07 Å². The third kappa shape index (κ3) is 2.54. The molecule has 0 saturated heterocycles. The number of rotatable bonds is 2. The van der Waals surface area contributed by atoms with Gasteiger partial charge in [0.25, 0.3) is 0 Å². The summed E-state index contributed by atoms with van der Waals surface area (Å²) in [4.78, 5) is 10.9. The molecule has 0 bridgehead atoms. The number of carbonyl (C=O) groups is 1. The number of fused-ring (bicyclic) bond motifs is 1. The van der Waals surface area contributed by atoms with Crippen LogP contribution in [-0.2, 0) is 11.0 Å². The minimum Gasteiger partial charge on any atom is -0.481 e. The lowest BCUT2D eigenvalue weighted by Gasteiger charge is -2.12. The first-order valence-corrected chi connectivity index (χ1v) is 5.63. The topological polar surface area (TPSA) is 37.3 Å². The third-order valence-corrected chi connectivity index (χ3v) is 3.08. The molecule has 0 spiro atoms. The summed E-state index contributed by atoms with van der Waals surface area (Å²) >= 11 is 0. The maximum absolute atomic E-state index is 12.8. The molecule has 0 aliphatic rings. The van der Waals surface area contributed by atoms with Crippen molar-refractivity contribution in [2.75, 3.05) is 0 Å². The van der Waals surface area contributed by atoms with Gasteiger partial charge < -0.3 is 5.11 Å². The van der Waals surface area contributed by atoms with E-state index in [9.17, 15) is 18.0 Å². The lowest BCUT2D eigenvalue weighted by atomic mass is 9.96. The molecule has 1 N–H and O–H groups in total. The first-order chi connectivity index (χ1) is 8.80. The Kier molecular flexibility index (Phi) is 3.22. The SMILES string of the molecule is CC(C(=O)O)c1ccc2c(C(F)(F)F)cccc2c1. The van der Waals surface area contributed by atoms with Gasteiger partial charge in [-0.3, -0.25) is 4.79 Å². The van der Waals surface area contributed by atoms with Gasteiger partial charge in [-0.15, -0.1) is 0 Å². The van der Waals surface area contributed by atoms with Crippen LogP contribution in [0.5, 0.6) is 0 Å². The van der Waals surface area contributed by atoms with Crippen molar-refractivity contribution in [2.45, 2.75) is 19.0 Å². The lowest BCUT2D eigenvalue weighted by Crippen LogP contribution is -2.08. The average molecular weight is 268 g/mol. The molecular weight excluding hydrogens is 257 g/mol. The highest BCUT2D eigenvalue weighted by atomic mass is 19.4. The van der Waals surface area contributed by atoms with Crippen LogP contribution in [0.15, 0.2) is 36.4 Å². The van der Waals surface area contributed by atoms with E-state index in [1.807, 2.05) is 0 Å². The molecular formula is C14H11F3O2. The molecule has 1 atom stereocenters. The molecule has 0 aromatic heterocycles. The van der Waals surface area contributed by atoms with Crippen LogP contribution in [0.25, 0.3) is 10.8 Å². The monoisotopic (exact) mass is 268 g/mol. The van der Waals surface area contributed by atoms with Crippen LogP contribution < -0.4 is 0 Å². The van der Waals surface area contributed by atoms with Gasteiger partial charge in [-0.05, 0) is 29.3 Å². The van der Waals surface area contributed by atoms with Gasteiger partial charge in [-0.1, -0.05) is 30.3 Å². The fourth-order valence-corrected chi connectivity index (χ4v) is 1.96. The van der Waals surface area contributed by atoms with E-state index < -0.39 is 23.6 Å². The Balaban J connectivity index is 2.61. The van der Waals surface area contributed by atoms with Crippen LogP contribution in [0, 0.1) is 0 Å². The normalized spacial score (nSPS) is 13.5. The molecule has 2 aromatic carbocycles. The Bertz CT molecular complexity index is 632. The van der Waals surface area contributed by atoms with Crippen LogP contribution in [0.1, 0.15) is 24.0 Å². The van der Waals surface area contributed by atoms with E-state index in [-0.39, 0.29) is 5.39 Å². The molecule has 0 saturated carbocycles. The number of benzene rings is 2. The van der Waals surface area contributed by atoms with E-state index in [4.69, 9.17) is 5.11 Å². The minimum atomic E-state index is -4.42. The predicted octanol–water partition coefficient (Wildman–Crippen LogP) is 4.05. The van der Waals surface area contributed by atoms with Crippen LogP contribution in [0.2, 0.25) is 0 Å². The Morgan fingerprint density at radius 3 is 2.47 bits per heavy atom. The van der Waals surface area contributed by atoms with Gasteiger partial charge in [0.15, 0.2) is 0 Å². The second kappa shape index (κ2) is 4.57. The number of carboxylic acid groups (broad SMARTS) is 1. The second-order valence-corrected chi connectivity index (χ2v) is 4.34. The summed E-state index contributed by atoms with van der Waals surface area (Å²) in [5.41, 5.74) is -0.223. The van der Waals surface area contributed by atoms with Gasteiger partial charge in [0.1, 0.15) is 0 Å². The summed E-state index contributed by atoms with van der Waals surface area (Å²) in [6.07, 6.45) is -4.42. The Morgan fingerprint density at radius 2 is 1.89 bits per heavy atom. The van der Waals surface area contributed by atoms with Gasteiger partial charge in [0, 0.05) is 0 Å². The summed E-state index contributed by atoms with van der Waals surface area (Å²) < 4.78 is 38.4. The number of carboxylic acids is 1. The summed E-state index contributed by atoms with van der Waals surface area (Å²) in [6, 6.07) is 8.12. The summed E-state index contributed by atoms with van der Waals surface area (Å²) in [6.45, 7) is 1.50. The van der Waals surface area contributed by atoms with Crippen molar-refractivity contribution in [3.63, 3.8) is 0 Å². The van der Waals surface area contributed by atoms with Crippen molar-refractivity contribution in [3.8, 4) is 0 Å². The Hall–Kier alpha value is -2.04. The largest absolute Gasteiger partial charge is 0.481 e. The van der Waals surface area contributed by atoms with Crippen molar-refractivity contribution in [3.05, 3.63) is 47.5 Å². The van der Waals surface area contributed by atoms with Crippen molar-refractivity contribution in [1.29, 1.82) is 0 Å². The number of hydrogen-bond donors (Lipinski definition) is 1. The zero-order valence-corrected chi connectivity index (χ0v) is 10.0. The van der Waals surface area contributed by atoms with Crippen molar-refractivity contribution in [1.82, 2.24) is 0 Å². The molecule has 0 amide bonds. The van der Waals surface area contributed by atoms with Crippen molar-refractivity contribution in [2.24, 2.45) is 0 Å². The van der Waals surface area contributed by atoms with Gasteiger partial charge >= 0.3 is 12.1 Å².